The fourth-order valence-electron chi connectivity index (χ4n) is 2.03. The monoisotopic (exact) mass is 299 g/mol. The summed E-state index contributed by atoms with van der Waals surface area (Å²) in [5, 5.41) is 0. The van der Waals surface area contributed by atoms with Crippen LogP contribution in [0.25, 0.3) is 0 Å². The number of ether oxygens (including phenoxy) is 2. The molecule has 1 heterocycles. The SMILES string of the molecule is O=C=NC1(c2c(F)c(Br)cc3c2OCO3)CC1. The van der Waals surface area contributed by atoms with Gasteiger partial charge in [-0.05, 0) is 28.8 Å². The molecule has 1 aromatic carbocycles. The molecule has 0 aromatic heterocycles. The first-order chi connectivity index (χ1) is 8.18. The van der Waals surface area contributed by atoms with Crippen LogP contribution in [0.5, 0.6) is 11.5 Å². The Morgan fingerprint density at radius 2 is 2.24 bits per heavy atom. The molecular formula is C11H7BrFNO3. The third-order valence-corrected chi connectivity index (χ3v) is 3.58. The number of isocyanates is 1. The molecule has 0 unspecified atom stereocenters. The van der Waals surface area contributed by atoms with Gasteiger partial charge in [0.2, 0.25) is 12.9 Å². The summed E-state index contributed by atoms with van der Waals surface area (Å²) in [5.74, 6) is 0.369. The number of nitrogens with zero attached hydrogens (tertiary/aromatic N) is 1. The van der Waals surface area contributed by atoms with Crippen molar-refractivity contribution >= 4 is 22.0 Å². The van der Waals surface area contributed by atoms with Gasteiger partial charge in [0.05, 0.1) is 10.0 Å². The molecule has 2 aliphatic rings. The molecule has 0 bridgehead atoms. The molecule has 0 amide bonds. The Morgan fingerprint density at radius 3 is 2.88 bits per heavy atom. The lowest BCUT2D eigenvalue weighted by atomic mass is 10.0. The first-order valence-electron chi connectivity index (χ1n) is 5.05. The van der Waals surface area contributed by atoms with Crippen molar-refractivity contribution < 1.29 is 18.7 Å². The summed E-state index contributed by atoms with van der Waals surface area (Å²) in [7, 11) is 0. The van der Waals surface area contributed by atoms with Gasteiger partial charge < -0.3 is 9.47 Å². The number of aliphatic imine (C=N–C) groups is 1. The smallest absolute Gasteiger partial charge is 0.235 e. The maximum absolute atomic E-state index is 14.1. The van der Waals surface area contributed by atoms with Gasteiger partial charge in [-0.3, -0.25) is 0 Å². The van der Waals surface area contributed by atoms with E-state index in [2.05, 4.69) is 20.9 Å². The maximum atomic E-state index is 14.1. The van der Waals surface area contributed by atoms with Gasteiger partial charge in [0.15, 0.2) is 11.5 Å². The van der Waals surface area contributed by atoms with Gasteiger partial charge >= 0.3 is 0 Å². The summed E-state index contributed by atoms with van der Waals surface area (Å²) in [6, 6.07) is 1.52. The van der Waals surface area contributed by atoms with Crippen molar-refractivity contribution in [1.82, 2.24) is 0 Å². The van der Waals surface area contributed by atoms with E-state index in [0.29, 0.717) is 29.9 Å². The van der Waals surface area contributed by atoms with Crippen LogP contribution in [-0.4, -0.2) is 12.9 Å². The summed E-state index contributed by atoms with van der Waals surface area (Å²) >= 11 is 3.12. The number of benzene rings is 1. The molecule has 1 fully saturated rings. The van der Waals surface area contributed by atoms with Gasteiger partial charge in [-0.15, -0.1) is 0 Å². The van der Waals surface area contributed by atoms with Crippen molar-refractivity contribution in [1.29, 1.82) is 0 Å². The van der Waals surface area contributed by atoms with Gasteiger partial charge in [-0.25, -0.2) is 9.18 Å². The zero-order valence-electron chi connectivity index (χ0n) is 8.63. The van der Waals surface area contributed by atoms with Gasteiger partial charge in [-0.2, -0.15) is 4.99 Å². The largest absolute Gasteiger partial charge is 0.454 e. The summed E-state index contributed by atoms with van der Waals surface area (Å²) in [6.45, 7) is 0.0547. The third kappa shape index (κ3) is 1.48. The van der Waals surface area contributed by atoms with Crippen LogP contribution in [0.2, 0.25) is 0 Å². The average Bonchev–Trinajstić information content (AvgIpc) is 2.91. The summed E-state index contributed by atoms with van der Waals surface area (Å²) in [5.41, 5.74) is -0.518. The Labute approximate surface area is 105 Å². The topological polar surface area (TPSA) is 47.9 Å². The highest BCUT2D eigenvalue weighted by atomic mass is 79.9. The van der Waals surface area contributed by atoms with Gasteiger partial charge in [-0.1, -0.05) is 0 Å². The molecule has 17 heavy (non-hydrogen) atoms. The van der Waals surface area contributed by atoms with E-state index in [9.17, 15) is 9.18 Å². The van der Waals surface area contributed by atoms with Crippen molar-refractivity contribution in [2.24, 2.45) is 4.99 Å². The number of hydrogen-bond acceptors (Lipinski definition) is 4. The van der Waals surface area contributed by atoms with E-state index in [1.807, 2.05) is 0 Å². The minimum atomic E-state index is -0.812. The third-order valence-electron chi connectivity index (χ3n) is 3.00. The van der Waals surface area contributed by atoms with E-state index in [4.69, 9.17) is 9.47 Å². The molecule has 1 saturated carbocycles. The highest BCUT2D eigenvalue weighted by Crippen LogP contribution is 2.57. The molecule has 0 saturated heterocycles. The average molecular weight is 300 g/mol. The summed E-state index contributed by atoms with van der Waals surface area (Å²) in [6.07, 6.45) is 2.74. The van der Waals surface area contributed by atoms with Gasteiger partial charge in [0.25, 0.3) is 0 Å². The number of hydrogen-bond donors (Lipinski definition) is 0. The molecule has 1 aliphatic heterocycles. The minimum absolute atomic E-state index is 0.0547. The lowest BCUT2D eigenvalue weighted by Gasteiger charge is -2.13. The van der Waals surface area contributed by atoms with Crippen molar-refractivity contribution in [2.45, 2.75) is 18.4 Å². The molecule has 4 nitrogen and oxygen atoms in total. The minimum Gasteiger partial charge on any atom is -0.454 e. The Morgan fingerprint density at radius 1 is 1.47 bits per heavy atom. The molecular weight excluding hydrogens is 293 g/mol. The highest BCUT2D eigenvalue weighted by Gasteiger charge is 2.50. The molecule has 0 N–H and O–H groups in total. The molecule has 1 aliphatic carbocycles. The highest BCUT2D eigenvalue weighted by molar-refractivity contribution is 9.10. The fourth-order valence-corrected chi connectivity index (χ4v) is 2.43. The van der Waals surface area contributed by atoms with Gasteiger partial charge in [0.1, 0.15) is 11.4 Å². The molecule has 0 atom stereocenters. The molecule has 88 valence electrons. The van der Waals surface area contributed by atoms with Gasteiger partial charge in [0, 0.05) is 6.07 Å². The summed E-state index contributed by atoms with van der Waals surface area (Å²) < 4.78 is 24.9. The Bertz CT molecular complexity index is 550. The van der Waals surface area contributed by atoms with E-state index in [1.54, 1.807) is 0 Å². The Hall–Kier alpha value is -1.39. The second kappa shape index (κ2) is 3.55. The lowest BCUT2D eigenvalue weighted by Crippen LogP contribution is -2.08. The quantitative estimate of drug-likeness (QED) is 0.623. The van der Waals surface area contributed by atoms with Crippen LogP contribution in [0.1, 0.15) is 18.4 Å². The van der Waals surface area contributed by atoms with Crippen LogP contribution >= 0.6 is 15.9 Å². The second-order valence-corrected chi connectivity index (χ2v) is 4.87. The van der Waals surface area contributed by atoms with E-state index in [1.165, 1.54) is 12.1 Å². The van der Waals surface area contributed by atoms with Crippen LogP contribution < -0.4 is 9.47 Å². The number of rotatable bonds is 2. The van der Waals surface area contributed by atoms with E-state index in [0.717, 1.165) is 0 Å². The van der Waals surface area contributed by atoms with Crippen molar-refractivity contribution in [3.63, 3.8) is 0 Å². The predicted molar refractivity (Wildman–Crippen MR) is 59.3 cm³/mol. The zero-order valence-corrected chi connectivity index (χ0v) is 10.2. The zero-order chi connectivity index (χ0) is 12.0. The first kappa shape index (κ1) is 10.7. The Kier molecular flexibility index (Phi) is 2.24. The maximum Gasteiger partial charge on any atom is 0.235 e. The molecule has 0 radical (unpaired) electrons. The molecule has 6 heteroatoms. The first-order valence-corrected chi connectivity index (χ1v) is 5.84. The van der Waals surface area contributed by atoms with Crippen LogP contribution in [-0.2, 0) is 10.3 Å². The Balaban J connectivity index is 2.25. The van der Waals surface area contributed by atoms with Crippen LogP contribution in [0.3, 0.4) is 0 Å². The molecule has 0 spiro atoms. The normalized spacial score (nSPS) is 18.7. The second-order valence-electron chi connectivity index (χ2n) is 4.02. The number of halogens is 2. The van der Waals surface area contributed by atoms with E-state index in [-0.39, 0.29) is 11.3 Å². The summed E-state index contributed by atoms with van der Waals surface area (Å²) in [4.78, 5) is 14.1. The van der Waals surface area contributed by atoms with E-state index < -0.39 is 11.4 Å². The van der Waals surface area contributed by atoms with Crippen LogP contribution in [0.15, 0.2) is 15.5 Å². The standard InChI is InChI=1S/C11H7BrFNO3/c12-6-3-7-10(17-5-16-7)8(9(6)13)11(1-2-11)14-4-15/h3H,1-2,5H2. The van der Waals surface area contributed by atoms with Crippen LogP contribution in [0, 0.1) is 5.82 Å². The predicted octanol–water partition coefficient (Wildman–Crippen LogP) is 2.64. The van der Waals surface area contributed by atoms with Crippen LogP contribution in [0.4, 0.5) is 4.39 Å². The number of fused-ring (bicyclic) bond motifs is 1. The fraction of sp³-hybridized carbons (Fsp3) is 0.364. The number of carbonyl (C=O) groups excluding carboxylic acids is 1. The lowest BCUT2D eigenvalue weighted by molar-refractivity contribution is 0.172. The molecule has 1 aromatic rings. The van der Waals surface area contributed by atoms with Crippen molar-refractivity contribution in [2.75, 3.05) is 6.79 Å². The van der Waals surface area contributed by atoms with E-state index >= 15 is 0 Å². The van der Waals surface area contributed by atoms with Crippen molar-refractivity contribution in [3.05, 3.63) is 21.9 Å². The van der Waals surface area contributed by atoms with Crippen molar-refractivity contribution in [3.8, 4) is 11.5 Å². The molecule has 3 rings (SSSR count).